The van der Waals surface area contributed by atoms with E-state index in [0.29, 0.717) is 13.0 Å². The zero-order chi connectivity index (χ0) is 17.6. The molecule has 0 saturated carbocycles. The van der Waals surface area contributed by atoms with Crippen molar-refractivity contribution in [1.82, 2.24) is 9.88 Å². The summed E-state index contributed by atoms with van der Waals surface area (Å²) in [4.78, 5) is 18.7. The van der Waals surface area contributed by atoms with E-state index < -0.39 is 0 Å². The van der Waals surface area contributed by atoms with Crippen molar-refractivity contribution in [3.05, 3.63) is 65.2 Å². The van der Waals surface area contributed by atoms with Crippen LogP contribution in [0.3, 0.4) is 0 Å². The number of rotatable bonds is 5. The molecule has 1 aliphatic rings. The van der Waals surface area contributed by atoms with Crippen molar-refractivity contribution in [2.45, 2.75) is 25.2 Å². The molecule has 3 rings (SSSR count). The number of halogens is 1. The Morgan fingerprint density at radius 1 is 1.28 bits per heavy atom. The van der Waals surface area contributed by atoms with Gasteiger partial charge in [0.25, 0.3) is 0 Å². The first kappa shape index (κ1) is 17.5. The van der Waals surface area contributed by atoms with E-state index in [9.17, 15) is 9.18 Å². The summed E-state index contributed by atoms with van der Waals surface area (Å²) in [6, 6.07) is 12.5. The number of pyridine rings is 1. The van der Waals surface area contributed by atoms with Crippen molar-refractivity contribution in [2.24, 2.45) is 0 Å². The quantitative estimate of drug-likeness (QED) is 0.838. The second-order valence-corrected chi connectivity index (χ2v) is 6.47. The number of nitrogens with zero attached hydrogens (tertiary/aromatic N) is 2. The highest BCUT2D eigenvalue weighted by Crippen LogP contribution is 2.26. The van der Waals surface area contributed by atoms with Gasteiger partial charge in [0.15, 0.2) is 0 Å². The number of likely N-dealkylation sites (tertiary alicyclic amines) is 1. The van der Waals surface area contributed by atoms with Gasteiger partial charge in [0.2, 0.25) is 5.91 Å². The molecule has 0 spiro atoms. The molecule has 0 bridgehead atoms. The number of amides is 1. The van der Waals surface area contributed by atoms with Crippen molar-refractivity contribution in [2.75, 3.05) is 26.8 Å². The second-order valence-electron chi connectivity index (χ2n) is 6.47. The molecule has 1 amide bonds. The number of benzene rings is 1. The smallest absolute Gasteiger partial charge is 0.248 e. The number of carbonyl (C=O) groups excluding carboxylic acids is 1. The van der Waals surface area contributed by atoms with E-state index in [0.717, 1.165) is 36.3 Å². The van der Waals surface area contributed by atoms with Gasteiger partial charge in [-0.05, 0) is 42.7 Å². The molecule has 0 unspecified atom stereocenters. The molecule has 132 valence electrons. The molecule has 5 heteroatoms. The lowest BCUT2D eigenvalue weighted by atomic mass is 9.94. The lowest BCUT2D eigenvalue weighted by Gasteiger charge is -2.32. The Balaban J connectivity index is 1.70. The van der Waals surface area contributed by atoms with E-state index in [1.54, 1.807) is 19.2 Å². The Hall–Kier alpha value is -2.27. The van der Waals surface area contributed by atoms with Gasteiger partial charge in [-0.2, -0.15) is 0 Å². The maximum Gasteiger partial charge on any atom is 0.248 e. The fraction of sp³-hybridized carbons (Fsp3) is 0.400. The molecule has 1 aromatic heterocycles. The molecule has 2 aromatic rings. The summed E-state index contributed by atoms with van der Waals surface area (Å²) in [7, 11) is 1.54. The van der Waals surface area contributed by atoms with Gasteiger partial charge in [0, 0.05) is 43.9 Å². The molecule has 1 aliphatic heterocycles. The van der Waals surface area contributed by atoms with Crippen molar-refractivity contribution in [3.63, 3.8) is 0 Å². The van der Waals surface area contributed by atoms with Gasteiger partial charge < -0.3 is 9.64 Å². The summed E-state index contributed by atoms with van der Waals surface area (Å²) < 4.78 is 18.0. The van der Waals surface area contributed by atoms with Gasteiger partial charge in [-0.1, -0.05) is 18.2 Å². The van der Waals surface area contributed by atoms with Gasteiger partial charge in [-0.25, -0.2) is 4.39 Å². The minimum atomic E-state index is -0.228. The number of hydrogen-bond acceptors (Lipinski definition) is 3. The summed E-state index contributed by atoms with van der Waals surface area (Å²) in [6.45, 7) is 1.61. The average molecular weight is 342 g/mol. The zero-order valence-electron chi connectivity index (χ0n) is 14.5. The standard InChI is InChI=1S/C20H23FN2O2/c1-25-14-20(24)23-11-3-4-16(13-23)19-6-2-5-18(22-19)12-15-7-9-17(21)10-8-15/h2,5-10,16H,3-4,11-14H2,1H3/t16-/m0/s1. The van der Waals surface area contributed by atoms with Gasteiger partial charge >= 0.3 is 0 Å². The first-order chi connectivity index (χ1) is 12.2. The third-order valence-electron chi connectivity index (χ3n) is 4.59. The van der Waals surface area contributed by atoms with Crippen LogP contribution < -0.4 is 0 Å². The van der Waals surface area contributed by atoms with Gasteiger partial charge in [-0.15, -0.1) is 0 Å². The Morgan fingerprint density at radius 3 is 2.84 bits per heavy atom. The number of carbonyl (C=O) groups is 1. The molecular weight excluding hydrogens is 319 g/mol. The number of piperidine rings is 1. The molecule has 1 fully saturated rings. The van der Waals surface area contributed by atoms with Crippen molar-refractivity contribution in [1.29, 1.82) is 0 Å². The first-order valence-electron chi connectivity index (χ1n) is 8.62. The van der Waals surface area contributed by atoms with Crippen LogP contribution in [0.1, 0.15) is 35.7 Å². The van der Waals surface area contributed by atoms with Crippen LogP contribution in [-0.2, 0) is 16.0 Å². The lowest BCUT2D eigenvalue weighted by molar-refractivity contribution is -0.136. The van der Waals surface area contributed by atoms with E-state index >= 15 is 0 Å². The Labute approximate surface area is 147 Å². The molecule has 25 heavy (non-hydrogen) atoms. The number of ether oxygens (including phenoxy) is 1. The van der Waals surface area contributed by atoms with Crippen LogP contribution in [-0.4, -0.2) is 42.6 Å². The minimum absolute atomic E-state index is 0.0367. The maximum atomic E-state index is 13.0. The fourth-order valence-corrected chi connectivity index (χ4v) is 3.30. The van der Waals surface area contributed by atoms with Crippen LogP contribution in [0.15, 0.2) is 42.5 Å². The normalized spacial score (nSPS) is 17.5. The molecule has 1 atom stereocenters. The fourth-order valence-electron chi connectivity index (χ4n) is 3.30. The third-order valence-corrected chi connectivity index (χ3v) is 4.59. The topological polar surface area (TPSA) is 42.4 Å². The van der Waals surface area contributed by atoms with Crippen LogP contribution in [0.5, 0.6) is 0 Å². The van der Waals surface area contributed by atoms with Crippen molar-refractivity contribution < 1.29 is 13.9 Å². The number of methoxy groups -OCH3 is 1. The lowest BCUT2D eigenvalue weighted by Crippen LogP contribution is -2.41. The largest absolute Gasteiger partial charge is 0.375 e. The predicted molar refractivity (Wildman–Crippen MR) is 93.9 cm³/mol. The molecule has 4 nitrogen and oxygen atoms in total. The van der Waals surface area contributed by atoms with Crippen LogP contribution in [0, 0.1) is 5.82 Å². The molecular formula is C20H23FN2O2. The van der Waals surface area contributed by atoms with E-state index in [1.165, 1.54) is 12.1 Å². The van der Waals surface area contributed by atoms with Crippen LogP contribution >= 0.6 is 0 Å². The summed E-state index contributed by atoms with van der Waals surface area (Å²) >= 11 is 0. The summed E-state index contributed by atoms with van der Waals surface area (Å²) in [5.41, 5.74) is 3.02. The highest BCUT2D eigenvalue weighted by molar-refractivity contribution is 5.77. The van der Waals surface area contributed by atoms with Gasteiger partial charge in [0.1, 0.15) is 12.4 Å². The first-order valence-corrected chi connectivity index (χ1v) is 8.62. The molecule has 0 N–H and O–H groups in total. The van der Waals surface area contributed by atoms with Crippen LogP contribution in [0.2, 0.25) is 0 Å². The SMILES string of the molecule is COCC(=O)N1CCC[C@H](c2cccc(Cc3ccc(F)cc3)n2)C1. The number of aromatic nitrogens is 1. The Kier molecular flexibility index (Phi) is 5.76. The zero-order valence-corrected chi connectivity index (χ0v) is 14.5. The van der Waals surface area contributed by atoms with E-state index in [2.05, 4.69) is 0 Å². The molecule has 1 saturated heterocycles. The van der Waals surface area contributed by atoms with E-state index in [1.807, 2.05) is 23.1 Å². The van der Waals surface area contributed by atoms with Gasteiger partial charge in [-0.3, -0.25) is 9.78 Å². The summed E-state index contributed by atoms with van der Waals surface area (Å²) in [5, 5.41) is 0. The number of hydrogen-bond donors (Lipinski definition) is 0. The average Bonchev–Trinajstić information content (AvgIpc) is 2.64. The third kappa shape index (κ3) is 4.63. The minimum Gasteiger partial charge on any atom is -0.375 e. The highest BCUT2D eigenvalue weighted by Gasteiger charge is 2.25. The Morgan fingerprint density at radius 2 is 2.08 bits per heavy atom. The Bertz CT molecular complexity index is 718. The van der Waals surface area contributed by atoms with Crippen LogP contribution in [0.25, 0.3) is 0 Å². The predicted octanol–water partition coefficient (Wildman–Crippen LogP) is 3.16. The maximum absolute atomic E-state index is 13.0. The molecule has 1 aromatic carbocycles. The van der Waals surface area contributed by atoms with Crippen LogP contribution in [0.4, 0.5) is 4.39 Å². The van der Waals surface area contributed by atoms with Crippen molar-refractivity contribution >= 4 is 5.91 Å². The molecule has 0 aliphatic carbocycles. The monoisotopic (exact) mass is 342 g/mol. The summed E-state index contributed by atoms with van der Waals surface area (Å²) in [5.74, 6) is 0.0610. The second kappa shape index (κ2) is 8.21. The van der Waals surface area contributed by atoms with Crippen molar-refractivity contribution in [3.8, 4) is 0 Å². The van der Waals surface area contributed by atoms with E-state index in [4.69, 9.17) is 9.72 Å². The van der Waals surface area contributed by atoms with E-state index in [-0.39, 0.29) is 24.2 Å². The van der Waals surface area contributed by atoms with Gasteiger partial charge in [0.05, 0.1) is 0 Å². The highest BCUT2D eigenvalue weighted by atomic mass is 19.1. The molecule has 2 heterocycles. The summed E-state index contributed by atoms with van der Waals surface area (Å²) in [6.07, 6.45) is 2.68. The molecule has 0 radical (unpaired) electrons.